The number of ether oxygens (including phenoxy) is 1. The van der Waals surface area contributed by atoms with E-state index in [1.54, 1.807) is 18.3 Å². The summed E-state index contributed by atoms with van der Waals surface area (Å²) < 4.78 is 5.74. The lowest BCUT2D eigenvalue weighted by Gasteiger charge is -2.24. The van der Waals surface area contributed by atoms with Crippen molar-refractivity contribution in [1.82, 2.24) is 15.3 Å². The number of rotatable bonds is 4. The Labute approximate surface area is 141 Å². The quantitative estimate of drug-likeness (QED) is 0.906. The SMILES string of the molecule is CCCNC(=O)N(C)c1ccc2c(c1)/C(=C/c1c[nH]cn1)CCO2. The second kappa shape index (κ2) is 7.21. The molecule has 6 nitrogen and oxygen atoms in total. The molecule has 0 saturated heterocycles. The maximum atomic E-state index is 12.2. The Morgan fingerprint density at radius 3 is 3.12 bits per heavy atom. The number of urea groups is 1. The molecule has 2 heterocycles. The van der Waals surface area contributed by atoms with E-state index in [0.29, 0.717) is 13.2 Å². The van der Waals surface area contributed by atoms with Gasteiger partial charge in [0.1, 0.15) is 5.75 Å². The molecule has 6 heteroatoms. The van der Waals surface area contributed by atoms with E-state index < -0.39 is 0 Å². The van der Waals surface area contributed by atoms with Crippen LogP contribution in [0.4, 0.5) is 10.5 Å². The molecule has 126 valence electrons. The number of aromatic amines is 1. The summed E-state index contributed by atoms with van der Waals surface area (Å²) in [4.78, 5) is 21.0. The Balaban J connectivity index is 1.89. The van der Waals surface area contributed by atoms with E-state index in [1.165, 1.54) is 0 Å². The molecule has 0 fully saturated rings. The number of amides is 2. The Morgan fingerprint density at radius 1 is 1.50 bits per heavy atom. The Kier molecular flexibility index (Phi) is 4.84. The lowest BCUT2D eigenvalue weighted by molar-refractivity contribution is 0.247. The van der Waals surface area contributed by atoms with Crippen molar-refractivity contribution in [3.63, 3.8) is 0 Å². The minimum atomic E-state index is -0.105. The summed E-state index contributed by atoms with van der Waals surface area (Å²) in [7, 11) is 1.77. The maximum Gasteiger partial charge on any atom is 0.321 e. The second-order valence-corrected chi connectivity index (χ2v) is 5.73. The van der Waals surface area contributed by atoms with E-state index in [-0.39, 0.29) is 6.03 Å². The highest BCUT2D eigenvalue weighted by atomic mass is 16.5. The van der Waals surface area contributed by atoms with Crippen molar-refractivity contribution >= 4 is 23.4 Å². The monoisotopic (exact) mass is 326 g/mol. The Bertz CT molecular complexity index is 737. The number of imidazole rings is 1. The molecule has 2 aromatic rings. The molecule has 2 amide bonds. The van der Waals surface area contributed by atoms with Gasteiger partial charge in [0, 0.05) is 37.5 Å². The molecule has 0 spiro atoms. The molecule has 0 saturated carbocycles. The summed E-state index contributed by atoms with van der Waals surface area (Å²) in [6, 6.07) is 5.72. The van der Waals surface area contributed by atoms with Crippen LogP contribution in [0.15, 0.2) is 30.7 Å². The molecule has 0 aliphatic carbocycles. The number of benzene rings is 1. The van der Waals surface area contributed by atoms with Crippen LogP contribution in [-0.4, -0.2) is 36.2 Å². The largest absolute Gasteiger partial charge is 0.493 e. The van der Waals surface area contributed by atoms with Gasteiger partial charge in [-0.3, -0.25) is 4.90 Å². The predicted molar refractivity (Wildman–Crippen MR) is 95.1 cm³/mol. The van der Waals surface area contributed by atoms with E-state index >= 15 is 0 Å². The first-order valence-corrected chi connectivity index (χ1v) is 8.17. The molecule has 0 unspecified atom stereocenters. The predicted octanol–water partition coefficient (Wildman–Crippen LogP) is 3.29. The van der Waals surface area contributed by atoms with Crippen LogP contribution in [0.25, 0.3) is 11.6 Å². The highest BCUT2D eigenvalue weighted by Gasteiger charge is 2.18. The number of hydrogen-bond acceptors (Lipinski definition) is 3. The van der Waals surface area contributed by atoms with Gasteiger partial charge in [-0.1, -0.05) is 6.92 Å². The van der Waals surface area contributed by atoms with Crippen molar-refractivity contribution in [2.75, 3.05) is 25.1 Å². The zero-order valence-electron chi connectivity index (χ0n) is 14.0. The molecule has 0 radical (unpaired) electrons. The molecular formula is C18H22N4O2. The topological polar surface area (TPSA) is 70.2 Å². The zero-order valence-corrected chi connectivity index (χ0v) is 14.0. The normalized spacial score (nSPS) is 14.8. The van der Waals surface area contributed by atoms with Gasteiger partial charge in [-0.15, -0.1) is 0 Å². The first-order valence-electron chi connectivity index (χ1n) is 8.17. The first kappa shape index (κ1) is 16.1. The Morgan fingerprint density at radius 2 is 2.38 bits per heavy atom. The third-order valence-electron chi connectivity index (χ3n) is 4.00. The number of nitrogens with zero attached hydrogens (tertiary/aromatic N) is 2. The average Bonchev–Trinajstić information content (AvgIpc) is 3.12. The summed E-state index contributed by atoms with van der Waals surface area (Å²) in [6.45, 7) is 3.35. The maximum absolute atomic E-state index is 12.2. The molecular weight excluding hydrogens is 304 g/mol. The van der Waals surface area contributed by atoms with E-state index in [9.17, 15) is 4.79 Å². The van der Waals surface area contributed by atoms with Crippen molar-refractivity contribution in [2.45, 2.75) is 19.8 Å². The van der Waals surface area contributed by atoms with Gasteiger partial charge < -0.3 is 15.0 Å². The number of anilines is 1. The molecule has 2 N–H and O–H groups in total. The van der Waals surface area contributed by atoms with Crippen molar-refractivity contribution in [1.29, 1.82) is 0 Å². The lowest BCUT2D eigenvalue weighted by atomic mass is 9.98. The minimum absolute atomic E-state index is 0.105. The van der Waals surface area contributed by atoms with Gasteiger partial charge >= 0.3 is 6.03 Å². The summed E-state index contributed by atoms with van der Waals surface area (Å²) in [5, 5.41) is 2.89. The summed E-state index contributed by atoms with van der Waals surface area (Å²) in [6.07, 6.45) is 7.30. The smallest absolute Gasteiger partial charge is 0.321 e. The Hall–Kier alpha value is -2.76. The van der Waals surface area contributed by atoms with E-state index in [1.807, 2.05) is 31.3 Å². The van der Waals surface area contributed by atoms with Crippen LogP contribution < -0.4 is 15.0 Å². The van der Waals surface area contributed by atoms with Crippen LogP contribution in [0.5, 0.6) is 5.75 Å². The van der Waals surface area contributed by atoms with Crippen molar-refractivity contribution < 1.29 is 9.53 Å². The van der Waals surface area contributed by atoms with Gasteiger partial charge in [-0.05, 0) is 36.3 Å². The van der Waals surface area contributed by atoms with Crippen molar-refractivity contribution in [3.8, 4) is 5.75 Å². The molecule has 1 aromatic carbocycles. The number of H-pyrrole nitrogens is 1. The number of aromatic nitrogens is 2. The van der Waals surface area contributed by atoms with Crippen LogP contribution in [0, 0.1) is 0 Å². The summed E-state index contributed by atoms with van der Waals surface area (Å²) in [5.41, 5.74) is 3.89. The summed E-state index contributed by atoms with van der Waals surface area (Å²) >= 11 is 0. The van der Waals surface area contributed by atoms with Crippen LogP contribution in [-0.2, 0) is 0 Å². The number of hydrogen-bond donors (Lipinski definition) is 2. The second-order valence-electron chi connectivity index (χ2n) is 5.73. The van der Waals surface area contributed by atoms with E-state index in [4.69, 9.17) is 4.74 Å². The molecule has 0 atom stereocenters. The molecule has 1 aliphatic rings. The number of nitrogens with one attached hydrogen (secondary N) is 2. The number of carbonyl (C=O) groups excluding carboxylic acids is 1. The third kappa shape index (κ3) is 3.42. The van der Waals surface area contributed by atoms with Gasteiger partial charge in [-0.2, -0.15) is 0 Å². The molecule has 1 aliphatic heterocycles. The average molecular weight is 326 g/mol. The van der Waals surface area contributed by atoms with Gasteiger partial charge in [0.2, 0.25) is 0 Å². The molecule has 3 rings (SSSR count). The van der Waals surface area contributed by atoms with E-state index in [0.717, 1.165) is 41.1 Å². The van der Waals surface area contributed by atoms with Crippen molar-refractivity contribution in [3.05, 3.63) is 42.0 Å². The standard InChI is InChI=1S/C18H22N4O2/c1-3-7-20-18(23)22(2)15-4-5-17-16(10-15)13(6-8-24-17)9-14-11-19-12-21-14/h4-5,9-12H,3,6-8H2,1-2H3,(H,19,21)(H,20,23)/b13-9+. The fraction of sp³-hybridized carbons (Fsp3) is 0.333. The number of carbonyl (C=O) groups is 1. The zero-order chi connectivity index (χ0) is 16.9. The number of fused-ring (bicyclic) bond motifs is 1. The van der Waals surface area contributed by atoms with Crippen LogP contribution in [0.2, 0.25) is 0 Å². The van der Waals surface area contributed by atoms with Crippen molar-refractivity contribution in [2.24, 2.45) is 0 Å². The van der Waals surface area contributed by atoms with Crippen LogP contribution >= 0.6 is 0 Å². The minimum Gasteiger partial charge on any atom is -0.493 e. The molecule has 24 heavy (non-hydrogen) atoms. The first-order chi connectivity index (χ1) is 11.7. The highest BCUT2D eigenvalue weighted by Crippen LogP contribution is 2.36. The van der Waals surface area contributed by atoms with E-state index in [2.05, 4.69) is 21.4 Å². The summed E-state index contributed by atoms with van der Waals surface area (Å²) in [5.74, 6) is 0.842. The fourth-order valence-electron chi connectivity index (χ4n) is 2.66. The van der Waals surface area contributed by atoms with Gasteiger partial charge in [0.15, 0.2) is 0 Å². The van der Waals surface area contributed by atoms with Gasteiger partial charge in [-0.25, -0.2) is 9.78 Å². The van der Waals surface area contributed by atoms with Crippen LogP contribution in [0.3, 0.4) is 0 Å². The van der Waals surface area contributed by atoms with Crippen LogP contribution in [0.1, 0.15) is 31.0 Å². The van der Waals surface area contributed by atoms with Gasteiger partial charge in [0.25, 0.3) is 0 Å². The molecule has 0 bridgehead atoms. The lowest BCUT2D eigenvalue weighted by Crippen LogP contribution is -2.37. The third-order valence-corrected chi connectivity index (χ3v) is 4.00. The fourth-order valence-corrected chi connectivity index (χ4v) is 2.66. The van der Waals surface area contributed by atoms with Gasteiger partial charge in [0.05, 0.1) is 18.6 Å². The molecule has 1 aromatic heterocycles. The highest BCUT2D eigenvalue weighted by molar-refractivity contribution is 5.93.